The monoisotopic (exact) mass is 341 g/mol. The molecule has 1 heterocycles. The highest BCUT2D eigenvalue weighted by Gasteiger charge is 2.19. The second-order valence-electron chi connectivity index (χ2n) is 6.44. The van der Waals surface area contributed by atoms with E-state index < -0.39 is 5.97 Å². The van der Waals surface area contributed by atoms with Gasteiger partial charge >= 0.3 is 5.97 Å². The van der Waals surface area contributed by atoms with Crippen LogP contribution in [0.5, 0.6) is 11.5 Å². The van der Waals surface area contributed by atoms with E-state index in [0.717, 1.165) is 17.7 Å². The summed E-state index contributed by atoms with van der Waals surface area (Å²) in [5, 5.41) is 12.8. The van der Waals surface area contributed by atoms with E-state index in [4.69, 9.17) is 9.47 Å². The van der Waals surface area contributed by atoms with Crippen LogP contribution in [0.3, 0.4) is 0 Å². The lowest BCUT2D eigenvalue weighted by Gasteiger charge is -2.16. The average Bonchev–Trinajstić information content (AvgIpc) is 2.98. The molecule has 0 saturated heterocycles. The van der Waals surface area contributed by atoms with Gasteiger partial charge in [0.2, 0.25) is 0 Å². The predicted octanol–water partition coefficient (Wildman–Crippen LogP) is 3.57. The fourth-order valence-electron chi connectivity index (χ4n) is 3.14. The SMILES string of the molecule is COc1ccc([C@H](C)NCc2ccc3c(c2)CC(C)O3)cc1C(=O)O. The zero-order chi connectivity index (χ0) is 18.0. The highest BCUT2D eigenvalue weighted by atomic mass is 16.5. The minimum Gasteiger partial charge on any atom is -0.496 e. The molecule has 0 aromatic heterocycles. The van der Waals surface area contributed by atoms with E-state index in [1.54, 1.807) is 12.1 Å². The van der Waals surface area contributed by atoms with Crippen LogP contribution in [-0.4, -0.2) is 24.3 Å². The molecule has 3 rings (SSSR count). The molecule has 0 saturated carbocycles. The van der Waals surface area contributed by atoms with Crippen molar-refractivity contribution in [1.29, 1.82) is 0 Å². The van der Waals surface area contributed by atoms with E-state index in [1.807, 2.05) is 19.1 Å². The van der Waals surface area contributed by atoms with E-state index in [2.05, 4.69) is 24.4 Å². The van der Waals surface area contributed by atoms with Crippen LogP contribution < -0.4 is 14.8 Å². The molecular formula is C20H23NO4. The quantitative estimate of drug-likeness (QED) is 0.841. The number of hydrogen-bond donors (Lipinski definition) is 2. The Morgan fingerprint density at radius 3 is 2.88 bits per heavy atom. The van der Waals surface area contributed by atoms with Crippen molar-refractivity contribution in [2.45, 2.75) is 39.0 Å². The van der Waals surface area contributed by atoms with E-state index in [9.17, 15) is 9.90 Å². The fraction of sp³-hybridized carbons (Fsp3) is 0.350. The number of methoxy groups -OCH3 is 1. The van der Waals surface area contributed by atoms with Gasteiger partial charge in [0.25, 0.3) is 0 Å². The van der Waals surface area contributed by atoms with Crippen LogP contribution in [0.15, 0.2) is 36.4 Å². The first-order chi connectivity index (χ1) is 12.0. The van der Waals surface area contributed by atoms with Crippen molar-refractivity contribution in [3.8, 4) is 11.5 Å². The van der Waals surface area contributed by atoms with Gasteiger partial charge in [0.15, 0.2) is 0 Å². The Bertz CT molecular complexity index is 787. The molecule has 2 N–H and O–H groups in total. The normalized spacial score (nSPS) is 16.8. The molecule has 5 heteroatoms. The number of fused-ring (bicyclic) bond motifs is 1. The molecule has 25 heavy (non-hydrogen) atoms. The summed E-state index contributed by atoms with van der Waals surface area (Å²) >= 11 is 0. The summed E-state index contributed by atoms with van der Waals surface area (Å²) in [6.45, 7) is 4.80. The molecule has 0 spiro atoms. The first kappa shape index (κ1) is 17.3. The van der Waals surface area contributed by atoms with Crippen LogP contribution in [0.25, 0.3) is 0 Å². The van der Waals surface area contributed by atoms with Crippen LogP contribution in [-0.2, 0) is 13.0 Å². The first-order valence-corrected chi connectivity index (χ1v) is 8.41. The Hall–Kier alpha value is -2.53. The second-order valence-corrected chi connectivity index (χ2v) is 6.44. The summed E-state index contributed by atoms with van der Waals surface area (Å²) in [5.74, 6) is 0.361. The van der Waals surface area contributed by atoms with Gasteiger partial charge in [-0.3, -0.25) is 0 Å². The van der Waals surface area contributed by atoms with Gasteiger partial charge in [-0.2, -0.15) is 0 Å². The largest absolute Gasteiger partial charge is 0.496 e. The number of carbonyl (C=O) groups is 1. The summed E-state index contributed by atoms with van der Waals surface area (Å²) in [7, 11) is 1.47. The maximum absolute atomic E-state index is 11.4. The van der Waals surface area contributed by atoms with Gasteiger partial charge in [0, 0.05) is 19.0 Å². The van der Waals surface area contributed by atoms with E-state index >= 15 is 0 Å². The van der Waals surface area contributed by atoms with Crippen molar-refractivity contribution >= 4 is 5.97 Å². The number of benzene rings is 2. The fourth-order valence-corrected chi connectivity index (χ4v) is 3.14. The molecule has 0 radical (unpaired) electrons. The standard InChI is InChI=1S/C20H23NO4/c1-12-8-16-9-14(4-6-18(16)25-12)11-21-13(2)15-5-7-19(24-3)17(10-15)20(22)23/h4-7,9-10,12-13,21H,8,11H2,1-3H3,(H,22,23)/t12?,13-/m0/s1. The number of ether oxygens (including phenoxy) is 2. The third-order valence-corrected chi connectivity index (χ3v) is 4.53. The lowest BCUT2D eigenvalue weighted by molar-refractivity contribution is 0.0693. The average molecular weight is 341 g/mol. The molecule has 5 nitrogen and oxygen atoms in total. The van der Waals surface area contributed by atoms with Crippen molar-refractivity contribution < 1.29 is 19.4 Å². The summed E-state index contributed by atoms with van der Waals surface area (Å²) in [4.78, 5) is 11.4. The van der Waals surface area contributed by atoms with Crippen LogP contribution in [0.1, 0.15) is 46.9 Å². The molecule has 1 unspecified atom stereocenters. The Morgan fingerprint density at radius 2 is 2.16 bits per heavy atom. The highest BCUT2D eigenvalue weighted by molar-refractivity contribution is 5.91. The number of hydrogen-bond acceptors (Lipinski definition) is 4. The van der Waals surface area contributed by atoms with Crippen molar-refractivity contribution in [2.75, 3.05) is 7.11 Å². The smallest absolute Gasteiger partial charge is 0.339 e. The number of carboxylic acid groups (broad SMARTS) is 1. The van der Waals surface area contributed by atoms with E-state index in [-0.39, 0.29) is 17.7 Å². The summed E-state index contributed by atoms with van der Waals surface area (Å²) < 4.78 is 10.8. The Morgan fingerprint density at radius 1 is 1.36 bits per heavy atom. The minimum atomic E-state index is -0.987. The number of rotatable bonds is 6. The van der Waals surface area contributed by atoms with E-state index in [0.29, 0.717) is 12.3 Å². The molecule has 2 aromatic carbocycles. The van der Waals surface area contributed by atoms with Crippen molar-refractivity contribution in [1.82, 2.24) is 5.32 Å². The summed E-state index contributed by atoms with van der Waals surface area (Å²) in [6, 6.07) is 11.5. The first-order valence-electron chi connectivity index (χ1n) is 8.41. The molecule has 0 bridgehead atoms. The van der Waals surface area contributed by atoms with Crippen LogP contribution in [0.4, 0.5) is 0 Å². The molecule has 1 aliphatic rings. The topological polar surface area (TPSA) is 67.8 Å². The molecule has 0 fully saturated rings. The number of carboxylic acids is 1. The molecule has 0 amide bonds. The molecular weight excluding hydrogens is 318 g/mol. The van der Waals surface area contributed by atoms with Gasteiger partial charge in [-0.05, 0) is 48.7 Å². The lowest BCUT2D eigenvalue weighted by Crippen LogP contribution is -2.18. The Labute approximate surface area is 147 Å². The van der Waals surface area contributed by atoms with Gasteiger partial charge in [-0.15, -0.1) is 0 Å². The van der Waals surface area contributed by atoms with Crippen LogP contribution >= 0.6 is 0 Å². The van der Waals surface area contributed by atoms with Crippen LogP contribution in [0.2, 0.25) is 0 Å². The minimum absolute atomic E-state index is 0.0208. The van der Waals surface area contributed by atoms with Gasteiger partial charge in [0.05, 0.1) is 7.11 Å². The summed E-state index contributed by atoms with van der Waals surface area (Å²) in [6.07, 6.45) is 1.19. The maximum atomic E-state index is 11.4. The Kier molecular flexibility index (Phi) is 4.95. The Balaban J connectivity index is 1.69. The van der Waals surface area contributed by atoms with Crippen molar-refractivity contribution in [2.24, 2.45) is 0 Å². The summed E-state index contributed by atoms with van der Waals surface area (Å²) in [5.41, 5.74) is 3.53. The molecule has 0 aliphatic carbocycles. The highest BCUT2D eigenvalue weighted by Crippen LogP contribution is 2.29. The van der Waals surface area contributed by atoms with Crippen molar-refractivity contribution in [3.05, 3.63) is 58.7 Å². The zero-order valence-electron chi connectivity index (χ0n) is 14.7. The second kappa shape index (κ2) is 7.15. The zero-order valence-corrected chi connectivity index (χ0v) is 14.7. The lowest BCUT2D eigenvalue weighted by atomic mass is 10.0. The molecule has 132 valence electrons. The van der Waals surface area contributed by atoms with Gasteiger partial charge in [-0.1, -0.05) is 18.2 Å². The van der Waals surface area contributed by atoms with Gasteiger partial charge < -0.3 is 19.9 Å². The predicted molar refractivity (Wildman–Crippen MR) is 95.4 cm³/mol. The molecule has 2 atom stereocenters. The maximum Gasteiger partial charge on any atom is 0.339 e. The third-order valence-electron chi connectivity index (χ3n) is 4.53. The molecule has 1 aliphatic heterocycles. The van der Waals surface area contributed by atoms with Gasteiger partial charge in [-0.25, -0.2) is 4.79 Å². The number of aromatic carboxylic acids is 1. The van der Waals surface area contributed by atoms with Gasteiger partial charge in [0.1, 0.15) is 23.2 Å². The number of nitrogens with one attached hydrogen (secondary N) is 1. The van der Waals surface area contributed by atoms with Crippen molar-refractivity contribution in [3.63, 3.8) is 0 Å². The molecule has 2 aromatic rings. The van der Waals surface area contributed by atoms with Crippen LogP contribution in [0, 0.1) is 0 Å². The third kappa shape index (κ3) is 3.77. The van der Waals surface area contributed by atoms with E-state index in [1.165, 1.54) is 18.2 Å².